The van der Waals surface area contributed by atoms with Gasteiger partial charge in [-0.2, -0.15) is 13.5 Å². The fourth-order valence-corrected chi connectivity index (χ4v) is 14.2. The summed E-state index contributed by atoms with van der Waals surface area (Å²) in [6, 6.07) is 0. The van der Waals surface area contributed by atoms with Crippen molar-refractivity contribution in [1.82, 2.24) is 5.32 Å². The Bertz CT molecular complexity index is 755. The maximum atomic E-state index is 13.1. The molecule has 0 aromatic heterocycles. The molecule has 1 aliphatic heterocycles. The molecule has 0 unspecified atom stereocenters. The molecule has 6 rings (SSSR count). The SMILES string of the molecule is C=C(C)[C@H]1CC[C@@]2(C)O[P@](=S)(OCCNC(=O)C34CC5CC(CC(C5)C3)C4)S[C@@H]2C1.S. The van der Waals surface area contributed by atoms with Crippen molar-refractivity contribution >= 4 is 48.3 Å². The highest BCUT2D eigenvalue weighted by Gasteiger charge is 2.55. The second-order valence-electron chi connectivity index (χ2n) is 11.0. The van der Waals surface area contributed by atoms with E-state index in [1.807, 2.05) is 0 Å². The Morgan fingerprint density at radius 1 is 1.23 bits per heavy atom. The van der Waals surface area contributed by atoms with E-state index in [9.17, 15) is 4.79 Å². The van der Waals surface area contributed by atoms with Crippen molar-refractivity contribution in [2.75, 3.05) is 13.2 Å². The van der Waals surface area contributed by atoms with Gasteiger partial charge in [-0.25, -0.2) is 0 Å². The molecule has 0 aromatic carbocycles. The molecular weight excluding hydrogens is 465 g/mol. The number of nitrogens with one attached hydrogen (secondary N) is 1. The zero-order chi connectivity index (χ0) is 21.1. The molecule has 1 saturated heterocycles. The van der Waals surface area contributed by atoms with E-state index in [0.29, 0.717) is 24.3 Å². The Kier molecular flexibility index (Phi) is 7.08. The lowest BCUT2D eigenvalue weighted by Gasteiger charge is -2.55. The Morgan fingerprint density at radius 3 is 2.42 bits per heavy atom. The summed E-state index contributed by atoms with van der Waals surface area (Å²) in [5.74, 6) is 3.20. The molecule has 4 atom stereocenters. The molecule has 6 fully saturated rings. The molecule has 6 aliphatic rings. The average Bonchev–Trinajstić information content (AvgIpc) is 2.93. The van der Waals surface area contributed by atoms with Gasteiger partial charge in [-0.3, -0.25) is 4.79 Å². The van der Waals surface area contributed by atoms with Gasteiger partial charge in [0.2, 0.25) is 11.6 Å². The zero-order valence-electron chi connectivity index (χ0n) is 18.9. The second-order valence-corrected chi connectivity index (χ2v) is 17.4. The van der Waals surface area contributed by atoms with Crippen LogP contribution in [0.5, 0.6) is 0 Å². The fraction of sp³-hybridized carbons (Fsp3) is 0.870. The normalized spacial score (nSPS) is 47.5. The van der Waals surface area contributed by atoms with Gasteiger partial charge >= 0.3 is 0 Å². The summed E-state index contributed by atoms with van der Waals surface area (Å²) in [6.07, 6.45) is 10.6. The lowest BCUT2D eigenvalue weighted by Crippen LogP contribution is -2.53. The van der Waals surface area contributed by atoms with Crippen molar-refractivity contribution in [1.29, 1.82) is 0 Å². The second kappa shape index (κ2) is 8.92. The molecule has 176 valence electrons. The van der Waals surface area contributed by atoms with Crippen LogP contribution >= 0.6 is 30.6 Å². The van der Waals surface area contributed by atoms with Gasteiger partial charge in [-0.1, -0.05) is 23.5 Å². The van der Waals surface area contributed by atoms with E-state index in [1.54, 1.807) is 11.4 Å². The maximum Gasteiger partial charge on any atom is 0.248 e. The molecule has 5 aliphatic carbocycles. The van der Waals surface area contributed by atoms with Crippen LogP contribution in [0.15, 0.2) is 12.2 Å². The predicted molar refractivity (Wildman–Crippen MR) is 137 cm³/mol. The van der Waals surface area contributed by atoms with Crippen LogP contribution in [-0.4, -0.2) is 29.9 Å². The first-order valence-electron chi connectivity index (χ1n) is 11.8. The summed E-state index contributed by atoms with van der Waals surface area (Å²) in [5, 5.41) is 3.60. The standard InChI is InChI=1S/C23H36NO3PS2.H2S/c1-15(2)19-4-5-22(3)20(11-19)30-28(29,27-22)26-7-6-24-21(25)23-12-16-8-17(13-23)10-18(9-16)14-23;/h16-20H,1,4-14H2,2-3H3,(H,24,25);1H2/t16?,17?,18?,19-,20+,22+,23?,28-;/m0./s1. The van der Waals surface area contributed by atoms with Gasteiger partial charge in [-0.15, -0.1) is 0 Å². The number of allylic oxidation sites excluding steroid dienone is 1. The number of hydrogen-bond donors (Lipinski definition) is 1. The van der Waals surface area contributed by atoms with Gasteiger partial charge in [0.25, 0.3) is 0 Å². The van der Waals surface area contributed by atoms with Crippen LogP contribution in [0.1, 0.15) is 71.6 Å². The lowest BCUT2D eigenvalue weighted by molar-refractivity contribution is -0.146. The third-order valence-electron chi connectivity index (χ3n) is 8.60. The van der Waals surface area contributed by atoms with E-state index in [1.165, 1.54) is 24.8 Å². The minimum absolute atomic E-state index is 0. The first-order chi connectivity index (χ1) is 14.2. The summed E-state index contributed by atoms with van der Waals surface area (Å²) in [6.45, 7) is 9.48. The number of hydrogen-bond acceptors (Lipinski definition) is 5. The van der Waals surface area contributed by atoms with Crippen molar-refractivity contribution in [2.24, 2.45) is 29.1 Å². The lowest BCUT2D eigenvalue weighted by atomic mass is 9.49. The van der Waals surface area contributed by atoms with Crippen molar-refractivity contribution < 1.29 is 13.8 Å². The number of fused-ring (bicyclic) bond motifs is 1. The number of amides is 1. The topological polar surface area (TPSA) is 47.6 Å². The van der Waals surface area contributed by atoms with Crippen molar-refractivity contribution in [3.8, 4) is 0 Å². The summed E-state index contributed by atoms with van der Waals surface area (Å²) in [7, 11) is 0. The molecule has 5 saturated carbocycles. The molecule has 0 spiro atoms. The van der Waals surface area contributed by atoms with Crippen molar-refractivity contribution in [3.63, 3.8) is 0 Å². The van der Waals surface area contributed by atoms with E-state index >= 15 is 0 Å². The third-order valence-corrected chi connectivity index (χ3v) is 14.3. The highest BCUT2D eigenvalue weighted by Crippen LogP contribution is 2.74. The zero-order valence-corrected chi connectivity index (χ0v) is 22.4. The largest absolute Gasteiger partial charge is 0.353 e. The van der Waals surface area contributed by atoms with Gasteiger partial charge in [-0.05, 0) is 107 Å². The van der Waals surface area contributed by atoms with Crippen LogP contribution in [0.3, 0.4) is 0 Å². The highest BCUT2D eigenvalue weighted by atomic mass is 32.9. The molecule has 0 aromatic rings. The predicted octanol–water partition coefficient (Wildman–Crippen LogP) is 5.94. The minimum atomic E-state index is -2.35. The van der Waals surface area contributed by atoms with Crippen LogP contribution in [0.25, 0.3) is 0 Å². The summed E-state index contributed by atoms with van der Waals surface area (Å²) in [5.41, 5.74) is -1.34. The first-order valence-corrected chi connectivity index (χ1v) is 15.9. The quantitative estimate of drug-likeness (QED) is 0.276. The molecule has 1 amide bonds. The molecule has 1 heterocycles. The molecule has 8 heteroatoms. The Morgan fingerprint density at radius 2 is 1.84 bits per heavy atom. The van der Waals surface area contributed by atoms with Gasteiger partial charge in [0.05, 0.1) is 12.2 Å². The molecule has 4 bridgehead atoms. The number of carbonyl (C=O) groups excluding carboxylic acids is 1. The van der Waals surface area contributed by atoms with Crippen LogP contribution in [0.4, 0.5) is 0 Å². The van der Waals surface area contributed by atoms with E-state index in [-0.39, 0.29) is 30.4 Å². The Balaban J connectivity index is 0.00000231. The maximum absolute atomic E-state index is 13.1. The van der Waals surface area contributed by atoms with Crippen LogP contribution in [-0.2, 0) is 25.6 Å². The highest BCUT2D eigenvalue weighted by molar-refractivity contribution is 8.68. The number of rotatable bonds is 6. The summed E-state index contributed by atoms with van der Waals surface area (Å²) < 4.78 is 12.5. The molecule has 4 nitrogen and oxygen atoms in total. The average molecular weight is 504 g/mol. The van der Waals surface area contributed by atoms with Gasteiger partial charge in [0.1, 0.15) is 0 Å². The number of carbonyl (C=O) groups is 1. The van der Waals surface area contributed by atoms with Crippen LogP contribution in [0.2, 0.25) is 0 Å². The van der Waals surface area contributed by atoms with Gasteiger partial charge < -0.3 is 14.4 Å². The minimum Gasteiger partial charge on any atom is -0.353 e. The molecule has 31 heavy (non-hydrogen) atoms. The van der Waals surface area contributed by atoms with E-state index in [2.05, 4.69) is 25.7 Å². The van der Waals surface area contributed by atoms with Crippen molar-refractivity contribution in [2.45, 2.75) is 82.5 Å². The van der Waals surface area contributed by atoms with Gasteiger partial charge in [0, 0.05) is 17.2 Å². The smallest absolute Gasteiger partial charge is 0.248 e. The monoisotopic (exact) mass is 503 g/mol. The first kappa shape index (κ1) is 24.6. The van der Waals surface area contributed by atoms with E-state index in [4.69, 9.17) is 20.9 Å². The third kappa shape index (κ3) is 4.71. The Hall–Kier alpha value is 0.480. The summed E-state index contributed by atoms with van der Waals surface area (Å²) >= 11 is 7.60. The summed E-state index contributed by atoms with van der Waals surface area (Å²) in [4.78, 5) is 13.1. The van der Waals surface area contributed by atoms with Gasteiger partial charge in [0.15, 0.2) is 0 Å². The molecule has 1 N–H and O–H groups in total. The molecule has 0 radical (unpaired) electrons. The fourth-order valence-electron chi connectivity index (χ4n) is 7.34. The van der Waals surface area contributed by atoms with E-state index < -0.39 is 5.69 Å². The van der Waals surface area contributed by atoms with Crippen molar-refractivity contribution in [3.05, 3.63) is 12.2 Å². The van der Waals surface area contributed by atoms with Crippen LogP contribution < -0.4 is 5.32 Å². The van der Waals surface area contributed by atoms with Crippen LogP contribution in [0, 0.1) is 29.1 Å². The molecular formula is C23H38NO3PS3. The Labute approximate surface area is 203 Å². The van der Waals surface area contributed by atoms with E-state index in [0.717, 1.165) is 56.3 Å².